The summed E-state index contributed by atoms with van der Waals surface area (Å²) in [5.41, 5.74) is 8.82. The van der Waals surface area contributed by atoms with E-state index in [1.807, 2.05) is 30.3 Å². The largest absolute Gasteiger partial charge is 0.497 e. The van der Waals surface area contributed by atoms with Gasteiger partial charge in [0.25, 0.3) is 5.91 Å². The van der Waals surface area contributed by atoms with Crippen molar-refractivity contribution in [3.63, 3.8) is 0 Å². The minimum absolute atomic E-state index is 0.0704. The lowest BCUT2D eigenvalue weighted by molar-refractivity contribution is -0.142. The molecule has 5 rings (SSSR count). The average Bonchev–Trinajstić information content (AvgIpc) is 3.59. The molecule has 0 spiro atoms. The fourth-order valence-electron chi connectivity index (χ4n) is 5.29. The van der Waals surface area contributed by atoms with Crippen LogP contribution in [0.1, 0.15) is 40.9 Å². The number of hydrogen-bond acceptors (Lipinski definition) is 9. The normalized spacial score (nSPS) is 16.5. The third-order valence-electron chi connectivity index (χ3n) is 7.90. The van der Waals surface area contributed by atoms with E-state index in [0.717, 1.165) is 17.1 Å². The van der Waals surface area contributed by atoms with Crippen LogP contribution in [0.5, 0.6) is 5.75 Å². The van der Waals surface area contributed by atoms with Gasteiger partial charge in [-0.1, -0.05) is 47.0 Å². The number of ether oxygens (including phenoxy) is 1. The predicted molar refractivity (Wildman–Crippen MR) is 173 cm³/mol. The first-order valence-electron chi connectivity index (χ1n) is 14.8. The number of aromatic nitrogens is 2. The first-order valence-corrected chi connectivity index (χ1v) is 15.6. The number of nitrogens with zero attached hydrogens (tertiary/aromatic N) is 2. The lowest BCUT2D eigenvalue weighted by Gasteiger charge is -2.28. The number of nitrogens with one attached hydrogen (secondary N) is 4. The van der Waals surface area contributed by atoms with Crippen molar-refractivity contribution in [2.45, 2.75) is 38.1 Å². The predicted octanol–water partition coefficient (Wildman–Crippen LogP) is 4.53. The summed E-state index contributed by atoms with van der Waals surface area (Å²) in [6.45, 7) is 0. The Hall–Kier alpha value is -5.30. The molecule has 1 fully saturated rings. The van der Waals surface area contributed by atoms with Gasteiger partial charge in [0.05, 0.1) is 12.8 Å². The Kier molecular flexibility index (Phi) is 10.6. The van der Waals surface area contributed by atoms with Crippen LogP contribution in [0.2, 0.25) is 0 Å². The van der Waals surface area contributed by atoms with Crippen LogP contribution in [0.15, 0.2) is 78.9 Å². The summed E-state index contributed by atoms with van der Waals surface area (Å²) >= 11 is 1.00. The van der Waals surface area contributed by atoms with Crippen molar-refractivity contribution in [3.8, 4) is 17.0 Å². The molecule has 4 aromatic rings. The van der Waals surface area contributed by atoms with Crippen LogP contribution in [-0.4, -0.2) is 51.5 Å². The standard InChI is InChI=1S/C33H34N6O6S/c1-45-26-17-15-25(16-18-26)36-38-31(41)23-11-9-22(10-12-23)30(40)35-27(33(43)44)19-20-7-13-24(14-8-20)34-32(42)29-28(37-39-46-29)21-5-3-2-4-6-21/h2-8,13-18,22-23,27,36H,9-12,19H2,1H3,(H,34,42)(H,35,40)(H,38,41)(H,43,44). The third kappa shape index (κ3) is 8.24. The average molecular weight is 643 g/mol. The molecule has 0 radical (unpaired) electrons. The van der Waals surface area contributed by atoms with Gasteiger partial charge < -0.3 is 20.5 Å². The number of aliphatic carboxylic acids is 1. The quantitative estimate of drug-likeness (QED) is 0.139. The molecular formula is C33H34N6O6S. The second-order valence-corrected chi connectivity index (χ2v) is 11.7. The van der Waals surface area contributed by atoms with Crippen molar-refractivity contribution in [1.82, 2.24) is 20.3 Å². The topological polar surface area (TPSA) is 172 Å². The van der Waals surface area contributed by atoms with Crippen molar-refractivity contribution in [2.75, 3.05) is 17.9 Å². The highest BCUT2D eigenvalue weighted by atomic mass is 32.1. The maximum Gasteiger partial charge on any atom is 0.326 e. The van der Waals surface area contributed by atoms with Crippen LogP contribution in [0.25, 0.3) is 11.3 Å². The Labute approximate surface area is 269 Å². The van der Waals surface area contributed by atoms with E-state index in [2.05, 4.69) is 31.1 Å². The summed E-state index contributed by atoms with van der Waals surface area (Å²) < 4.78 is 9.06. The SMILES string of the molecule is COc1ccc(NNC(=O)C2CCC(C(=O)NC(Cc3ccc(NC(=O)c4snnc4-c4ccccc4)cc3)C(=O)O)CC2)cc1. The zero-order valence-corrected chi connectivity index (χ0v) is 25.9. The van der Waals surface area contributed by atoms with E-state index in [-0.39, 0.29) is 36.0 Å². The third-order valence-corrected chi connectivity index (χ3v) is 8.62. The first-order chi connectivity index (χ1) is 22.3. The lowest BCUT2D eigenvalue weighted by Crippen LogP contribution is -2.46. The van der Waals surface area contributed by atoms with Gasteiger partial charge in [0, 0.05) is 29.5 Å². The zero-order valence-electron chi connectivity index (χ0n) is 25.1. The number of carboxylic acid groups (broad SMARTS) is 1. The number of rotatable bonds is 12. The lowest BCUT2D eigenvalue weighted by atomic mass is 9.81. The Bertz CT molecular complexity index is 1650. The van der Waals surface area contributed by atoms with Crippen molar-refractivity contribution < 1.29 is 29.0 Å². The maximum atomic E-state index is 13.0. The number of methoxy groups -OCH3 is 1. The minimum Gasteiger partial charge on any atom is -0.497 e. The van der Waals surface area contributed by atoms with Crippen LogP contribution >= 0.6 is 11.5 Å². The molecule has 3 amide bonds. The highest BCUT2D eigenvalue weighted by Gasteiger charge is 2.32. The van der Waals surface area contributed by atoms with Crippen molar-refractivity contribution in [2.24, 2.45) is 11.8 Å². The summed E-state index contributed by atoms with van der Waals surface area (Å²) in [4.78, 5) is 51.0. The number of hydrazine groups is 1. The molecule has 1 unspecified atom stereocenters. The molecule has 1 atom stereocenters. The highest BCUT2D eigenvalue weighted by Crippen LogP contribution is 2.30. The van der Waals surface area contributed by atoms with E-state index < -0.39 is 12.0 Å². The molecule has 1 aromatic heterocycles. The zero-order chi connectivity index (χ0) is 32.5. The van der Waals surface area contributed by atoms with Gasteiger partial charge in [-0.3, -0.25) is 25.2 Å². The number of amides is 3. The van der Waals surface area contributed by atoms with Crippen LogP contribution in [0.3, 0.4) is 0 Å². The van der Waals surface area contributed by atoms with Crippen LogP contribution in [0.4, 0.5) is 11.4 Å². The monoisotopic (exact) mass is 642 g/mol. The molecule has 5 N–H and O–H groups in total. The molecule has 12 nitrogen and oxygen atoms in total. The van der Waals surface area contributed by atoms with Gasteiger partial charge in [0.1, 0.15) is 22.4 Å². The maximum absolute atomic E-state index is 13.0. The molecule has 0 bridgehead atoms. The fourth-order valence-corrected chi connectivity index (χ4v) is 5.87. The van der Waals surface area contributed by atoms with E-state index in [4.69, 9.17) is 4.74 Å². The van der Waals surface area contributed by atoms with E-state index in [9.17, 15) is 24.3 Å². The molecular weight excluding hydrogens is 608 g/mol. The minimum atomic E-state index is -1.14. The second-order valence-electron chi connectivity index (χ2n) is 11.0. The van der Waals surface area contributed by atoms with Gasteiger partial charge >= 0.3 is 5.97 Å². The second kappa shape index (κ2) is 15.1. The van der Waals surface area contributed by atoms with Crippen LogP contribution in [0, 0.1) is 11.8 Å². The summed E-state index contributed by atoms with van der Waals surface area (Å²) in [6, 6.07) is 22.1. The van der Waals surface area contributed by atoms with Crippen molar-refractivity contribution >= 4 is 46.6 Å². The first kappa shape index (κ1) is 32.1. The molecule has 1 saturated carbocycles. The van der Waals surface area contributed by atoms with Gasteiger partial charge in [-0.05, 0) is 79.2 Å². The van der Waals surface area contributed by atoms with E-state index in [1.54, 1.807) is 55.6 Å². The molecule has 3 aromatic carbocycles. The number of benzene rings is 3. The molecule has 0 saturated heterocycles. The van der Waals surface area contributed by atoms with Crippen molar-refractivity contribution in [3.05, 3.63) is 89.3 Å². The molecule has 46 heavy (non-hydrogen) atoms. The van der Waals surface area contributed by atoms with Crippen molar-refractivity contribution in [1.29, 1.82) is 0 Å². The molecule has 238 valence electrons. The Morgan fingerprint density at radius 2 is 1.50 bits per heavy atom. The van der Waals surface area contributed by atoms with Crippen LogP contribution < -0.4 is 26.2 Å². The number of hydrogen-bond donors (Lipinski definition) is 5. The smallest absolute Gasteiger partial charge is 0.326 e. The van der Waals surface area contributed by atoms with Gasteiger partial charge in [0.15, 0.2) is 0 Å². The number of carbonyl (C=O) groups is 4. The molecule has 13 heteroatoms. The Morgan fingerprint density at radius 3 is 2.13 bits per heavy atom. The molecule has 1 aliphatic carbocycles. The Balaban J connectivity index is 1.09. The molecule has 1 aliphatic rings. The number of carbonyl (C=O) groups excluding carboxylic acids is 3. The van der Waals surface area contributed by atoms with E-state index in [1.165, 1.54) is 0 Å². The number of anilines is 2. The fraction of sp³-hybridized carbons (Fsp3) is 0.273. The van der Waals surface area contributed by atoms with Gasteiger partial charge in [0.2, 0.25) is 11.8 Å². The van der Waals surface area contributed by atoms with E-state index >= 15 is 0 Å². The van der Waals surface area contributed by atoms with Gasteiger partial charge in [-0.25, -0.2) is 4.79 Å². The summed E-state index contributed by atoms with van der Waals surface area (Å²) in [7, 11) is 1.58. The van der Waals surface area contributed by atoms with E-state index in [0.29, 0.717) is 58.9 Å². The van der Waals surface area contributed by atoms with Gasteiger partial charge in [-0.2, -0.15) is 0 Å². The highest BCUT2D eigenvalue weighted by molar-refractivity contribution is 7.08. The van der Waals surface area contributed by atoms with Crippen LogP contribution in [-0.2, 0) is 20.8 Å². The summed E-state index contributed by atoms with van der Waals surface area (Å²) in [6.07, 6.45) is 2.07. The summed E-state index contributed by atoms with van der Waals surface area (Å²) in [5, 5.41) is 19.4. The Morgan fingerprint density at radius 1 is 0.870 bits per heavy atom. The molecule has 0 aliphatic heterocycles. The molecule has 1 heterocycles. The summed E-state index contributed by atoms with van der Waals surface area (Å²) in [5.74, 6) is -1.90. The van der Waals surface area contributed by atoms with Gasteiger partial charge in [-0.15, -0.1) is 5.10 Å². The number of carboxylic acids is 1.